The molecule has 0 spiro atoms. The highest BCUT2D eigenvalue weighted by Gasteiger charge is 2.29. The van der Waals surface area contributed by atoms with E-state index in [9.17, 15) is 14.4 Å². The minimum Gasteiger partial charge on any atom is -0.462 e. The molecule has 2 heterocycles. The Balaban J connectivity index is 2.42. The van der Waals surface area contributed by atoms with Crippen molar-refractivity contribution in [2.24, 2.45) is 0 Å². The molecule has 0 aliphatic rings. The highest BCUT2D eigenvalue weighted by atomic mass is 79.9. The quantitative estimate of drug-likeness (QED) is 0.579. The predicted molar refractivity (Wildman–Crippen MR) is 120 cm³/mol. The summed E-state index contributed by atoms with van der Waals surface area (Å²) in [5.74, 6) is -1.14. The molecule has 164 valence electrons. The number of aryl methyl sites for hydroxylation is 1. The number of halogens is 1. The third-order valence-electron chi connectivity index (χ3n) is 4.61. The second-order valence-corrected chi connectivity index (χ2v) is 9.00. The van der Waals surface area contributed by atoms with Crippen LogP contribution in [0.4, 0.5) is 5.00 Å². The minimum absolute atomic E-state index is 0.216. The maximum Gasteiger partial charge on any atom is 0.341 e. The Morgan fingerprint density at radius 3 is 2.40 bits per heavy atom. The number of hydrogen-bond donors (Lipinski definition) is 1. The zero-order valence-corrected chi connectivity index (χ0v) is 20.7. The fourth-order valence-corrected chi connectivity index (χ4v) is 4.35. The van der Waals surface area contributed by atoms with Crippen molar-refractivity contribution in [1.82, 2.24) is 14.7 Å². The highest BCUT2D eigenvalue weighted by Crippen LogP contribution is 2.35. The average molecular weight is 499 g/mol. The van der Waals surface area contributed by atoms with E-state index in [2.05, 4.69) is 26.3 Å². The summed E-state index contributed by atoms with van der Waals surface area (Å²) in [6.07, 6.45) is 0.671. The van der Waals surface area contributed by atoms with Crippen molar-refractivity contribution in [1.29, 1.82) is 0 Å². The molecule has 1 atom stereocenters. The zero-order chi connectivity index (χ0) is 22.7. The molecule has 2 aromatic rings. The van der Waals surface area contributed by atoms with Gasteiger partial charge >= 0.3 is 5.97 Å². The molecule has 0 saturated heterocycles. The number of aromatic nitrogens is 2. The summed E-state index contributed by atoms with van der Waals surface area (Å²) in [5.41, 5.74) is 2.32. The highest BCUT2D eigenvalue weighted by molar-refractivity contribution is 9.10. The van der Waals surface area contributed by atoms with Crippen LogP contribution >= 0.6 is 27.3 Å². The van der Waals surface area contributed by atoms with E-state index in [0.29, 0.717) is 21.9 Å². The van der Waals surface area contributed by atoms with Gasteiger partial charge in [0.2, 0.25) is 5.91 Å². The van der Waals surface area contributed by atoms with E-state index in [4.69, 9.17) is 4.74 Å². The molecule has 0 fully saturated rings. The second kappa shape index (κ2) is 9.74. The van der Waals surface area contributed by atoms with Crippen molar-refractivity contribution < 1.29 is 19.1 Å². The van der Waals surface area contributed by atoms with Crippen LogP contribution in [0.5, 0.6) is 0 Å². The van der Waals surface area contributed by atoms with E-state index in [1.165, 1.54) is 4.90 Å². The van der Waals surface area contributed by atoms with Gasteiger partial charge in [-0.1, -0.05) is 6.92 Å². The normalized spacial score (nSPS) is 11.9. The first-order valence-electron chi connectivity index (χ1n) is 9.55. The van der Waals surface area contributed by atoms with E-state index in [1.54, 1.807) is 32.6 Å². The summed E-state index contributed by atoms with van der Waals surface area (Å²) in [4.78, 5) is 40.0. The standard InChI is InChI=1S/C20H27BrN4O4S/c1-8-9-29-20(28)14-10(2)16(19(27)24(6)7)30-18(14)22-17(26)13(5)25-12(4)15(21)11(3)23-25/h13H,8-9H2,1-7H3,(H,22,26). The van der Waals surface area contributed by atoms with E-state index < -0.39 is 12.0 Å². The number of hydrogen-bond acceptors (Lipinski definition) is 6. The lowest BCUT2D eigenvalue weighted by Gasteiger charge is -2.14. The fraction of sp³-hybridized carbons (Fsp3) is 0.500. The first-order chi connectivity index (χ1) is 14.0. The SMILES string of the molecule is CCCOC(=O)c1c(NC(=O)C(C)n2nc(C)c(Br)c2C)sc(C(=O)N(C)C)c1C. The van der Waals surface area contributed by atoms with Crippen molar-refractivity contribution >= 4 is 50.1 Å². The second-order valence-electron chi connectivity index (χ2n) is 7.19. The predicted octanol–water partition coefficient (Wildman–Crippen LogP) is 4.10. The molecule has 0 aliphatic carbocycles. The molecule has 10 heteroatoms. The van der Waals surface area contributed by atoms with E-state index in [-0.39, 0.29) is 24.0 Å². The van der Waals surface area contributed by atoms with Gasteiger partial charge in [0.25, 0.3) is 5.91 Å². The van der Waals surface area contributed by atoms with Crippen LogP contribution in [0.1, 0.15) is 63.3 Å². The molecule has 1 N–H and O–H groups in total. The van der Waals surface area contributed by atoms with Gasteiger partial charge in [-0.05, 0) is 55.6 Å². The lowest BCUT2D eigenvalue weighted by Crippen LogP contribution is -2.25. The molecule has 0 radical (unpaired) electrons. The Bertz CT molecular complexity index is 980. The van der Waals surface area contributed by atoms with Gasteiger partial charge < -0.3 is 15.0 Å². The molecule has 1 unspecified atom stereocenters. The average Bonchev–Trinajstić information content (AvgIpc) is 3.15. The van der Waals surface area contributed by atoms with Crippen LogP contribution < -0.4 is 5.32 Å². The Kier molecular flexibility index (Phi) is 7.81. The molecule has 0 aromatic carbocycles. The summed E-state index contributed by atoms with van der Waals surface area (Å²) in [7, 11) is 3.27. The monoisotopic (exact) mass is 498 g/mol. The van der Waals surface area contributed by atoms with Crippen LogP contribution in [0.2, 0.25) is 0 Å². The third kappa shape index (κ3) is 4.75. The molecule has 0 saturated carbocycles. The van der Waals surface area contributed by atoms with Crippen molar-refractivity contribution in [2.45, 2.75) is 47.1 Å². The maximum atomic E-state index is 13.0. The van der Waals surface area contributed by atoms with Gasteiger partial charge in [0, 0.05) is 14.1 Å². The molecule has 2 amide bonds. The maximum absolute atomic E-state index is 13.0. The van der Waals surface area contributed by atoms with Crippen LogP contribution in [-0.2, 0) is 9.53 Å². The molecule has 30 heavy (non-hydrogen) atoms. The fourth-order valence-electron chi connectivity index (χ4n) is 2.87. The van der Waals surface area contributed by atoms with Crippen molar-refractivity contribution in [3.63, 3.8) is 0 Å². The molecule has 0 aliphatic heterocycles. The summed E-state index contributed by atoms with van der Waals surface area (Å²) in [6.45, 7) is 9.28. The Hall–Kier alpha value is -2.20. The molecule has 2 aromatic heterocycles. The molecule has 8 nitrogen and oxygen atoms in total. The van der Waals surface area contributed by atoms with Crippen LogP contribution in [0, 0.1) is 20.8 Å². The Labute approximate surface area is 188 Å². The Morgan fingerprint density at radius 1 is 1.27 bits per heavy atom. The molecule has 2 rings (SSSR count). The number of anilines is 1. The number of rotatable bonds is 7. The largest absolute Gasteiger partial charge is 0.462 e. The summed E-state index contributed by atoms with van der Waals surface area (Å²) in [5, 5.41) is 7.52. The van der Waals surface area contributed by atoms with Gasteiger partial charge in [-0.3, -0.25) is 14.3 Å². The first-order valence-corrected chi connectivity index (χ1v) is 11.2. The van der Waals surface area contributed by atoms with E-state index in [1.807, 2.05) is 20.8 Å². The number of ether oxygens (including phenoxy) is 1. The minimum atomic E-state index is -0.620. The van der Waals surface area contributed by atoms with Gasteiger partial charge in [-0.2, -0.15) is 5.10 Å². The van der Waals surface area contributed by atoms with Crippen LogP contribution in [0.15, 0.2) is 4.47 Å². The number of carbonyl (C=O) groups is 3. The van der Waals surface area contributed by atoms with Crippen molar-refractivity contribution in [3.8, 4) is 0 Å². The third-order valence-corrected chi connectivity index (χ3v) is 6.95. The first kappa shape index (κ1) is 24.1. The zero-order valence-electron chi connectivity index (χ0n) is 18.3. The van der Waals surface area contributed by atoms with Crippen LogP contribution in [-0.4, -0.2) is 53.2 Å². The van der Waals surface area contributed by atoms with Gasteiger partial charge in [0.1, 0.15) is 11.0 Å². The van der Waals surface area contributed by atoms with Crippen molar-refractivity contribution in [3.05, 3.63) is 31.9 Å². The lowest BCUT2D eigenvalue weighted by molar-refractivity contribution is -0.119. The molecule has 0 bridgehead atoms. The van der Waals surface area contributed by atoms with E-state index >= 15 is 0 Å². The Morgan fingerprint density at radius 2 is 1.90 bits per heavy atom. The summed E-state index contributed by atoms with van der Waals surface area (Å²) < 4.78 is 7.75. The summed E-state index contributed by atoms with van der Waals surface area (Å²) >= 11 is 4.54. The number of nitrogens with zero attached hydrogens (tertiary/aromatic N) is 3. The number of amides is 2. The summed E-state index contributed by atoms with van der Waals surface area (Å²) in [6, 6.07) is -0.620. The number of esters is 1. The van der Waals surface area contributed by atoms with Crippen molar-refractivity contribution in [2.75, 3.05) is 26.0 Å². The van der Waals surface area contributed by atoms with Gasteiger partial charge in [-0.15, -0.1) is 11.3 Å². The molecular weight excluding hydrogens is 472 g/mol. The van der Waals surface area contributed by atoms with Crippen LogP contribution in [0.25, 0.3) is 0 Å². The number of carbonyl (C=O) groups excluding carboxylic acids is 3. The number of thiophene rings is 1. The lowest BCUT2D eigenvalue weighted by atomic mass is 10.1. The number of nitrogens with one attached hydrogen (secondary N) is 1. The topological polar surface area (TPSA) is 93.5 Å². The van der Waals surface area contributed by atoms with E-state index in [0.717, 1.165) is 27.2 Å². The van der Waals surface area contributed by atoms with Gasteiger partial charge in [-0.25, -0.2) is 4.79 Å². The van der Waals surface area contributed by atoms with Gasteiger partial charge in [0.05, 0.1) is 32.9 Å². The van der Waals surface area contributed by atoms with Crippen LogP contribution in [0.3, 0.4) is 0 Å². The molecular formula is C20H27BrN4O4S. The smallest absolute Gasteiger partial charge is 0.341 e. The van der Waals surface area contributed by atoms with Gasteiger partial charge in [0.15, 0.2) is 0 Å².